The fraction of sp³-hybridized carbons (Fsp3) is 0.812. The van der Waals surface area contributed by atoms with Gasteiger partial charge in [-0.05, 0) is 48.0 Å². The molecule has 1 rings (SSSR count). The minimum Gasteiger partial charge on any atom is -0.444 e. The number of hydrogen-bond donors (Lipinski definition) is 2. The fourth-order valence-corrected chi connectivity index (χ4v) is 2.26. The normalized spacial score (nSPS) is 19.3. The number of nitrogens with zero attached hydrogens (tertiary/aromatic N) is 1. The molecule has 0 saturated carbocycles. The number of amides is 3. The molecule has 1 heterocycles. The van der Waals surface area contributed by atoms with Crippen molar-refractivity contribution in [2.45, 2.75) is 71.6 Å². The summed E-state index contributed by atoms with van der Waals surface area (Å²) in [4.78, 5) is 36.8. The highest BCUT2D eigenvalue weighted by atomic mass is 16.6. The minimum absolute atomic E-state index is 0.238. The second-order valence-corrected chi connectivity index (χ2v) is 7.76. The Kier molecular flexibility index (Phi) is 6.16. The third kappa shape index (κ3) is 6.56. The molecular formula is C16H29N3O4. The van der Waals surface area contributed by atoms with Crippen LogP contribution in [0.15, 0.2) is 0 Å². The number of rotatable bonds is 4. The first-order valence-electron chi connectivity index (χ1n) is 7.98. The summed E-state index contributed by atoms with van der Waals surface area (Å²) in [5.74, 6) is -0.543. The summed E-state index contributed by atoms with van der Waals surface area (Å²) >= 11 is 0. The third-order valence-electron chi connectivity index (χ3n) is 3.39. The molecule has 1 unspecified atom stereocenters. The molecule has 2 N–H and O–H groups in total. The Morgan fingerprint density at radius 2 is 1.87 bits per heavy atom. The van der Waals surface area contributed by atoms with Gasteiger partial charge in [0.05, 0.1) is 6.04 Å². The van der Waals surface area contributed by atoms with Crippen LogP contribution in [0.4, 0.5) is 4.79 Å². The van der Waals surface area contributed by atoms with Crippen LogP contribution in [0.1, 0.15) is 54.4 Å². The molecule has 0 spiro atoms. The van der Waals surface area contributed by atoms with Crippen LogP contribution in [0.5, 0.6) is 0 Å². The van der Waals surface area contributed by atoms with Gasteiger partial charge in [-0.2, -0.15) is 0 Å². The van der Waals surface area contributed by atoms with Gasteiger partial charge < -0.3 is 15.0 Å². The van der Waals surface area contributed by atoms with Gasteiger partial charge in [-0.25, -0.2) is 4.79 Å². The van der Waals surface area contributed by atoms with Crippen molar-refractivity contribution < 1.29 is 19.1 Å². The summed E-state index contributed by atoms with van der Waals surface area (Å²) in [6.45, 7) is 12.1. The van der Waals surface area contributed by atoms with Crippen molar-refractivity contribution in [3.05, 3.63) is 0 Å². The first-order valence-corrected chi connectivity index (χ1v) is 7.98. The van der Waals surface area contributed by atoms with E-state index in [1.807, 2.05) is 41.5 Å². The first kappa shape index (κ1) is 19.4. The molecule has 1 fully saturated rings. The van der Waals surface area contributed by atoms with Gasteiger partial charge in [0, 0.05) is 25.0 Å². The van der Waals surface area contributed by atoms with E-state index in [1.165, 1.54) is 0 Å². The molecule has 7 heteroatoms. The van der Waals surface area contributed by atoms with Crippen molar-refractivity contribution in [1.82, 2.24) is 15.5 Å². The summed E-state index contributed by atoms with van der Waals surface area (Å²) in [5, 5.41) is 5.40. The summed E-state index contributed by atoms with van der Waals surface area (Å²) in [7, 11) is 0. The van der Waals surface area contributed by atoms with Gasteiger partial charge >= 0.3 is 6.09 Å². The zero-order valence-electron chi connectivity index (χ0n) is 15.0. The lowest BCUT2D eigenvalue weighted by atomic mass is 10.1. The maximum absolute atomic E-state index is 12.3. The average Bonchev–Trinajstić information content (AvgIpc) is 2.32. The average molecular weight is 327 g/mol. The van der Waals surface area contributed by atoms with E-state index >= 15 is 0 Å². The van der Waals surface area contributed by atoms with Gasteiger partial charge in [-0.15, -0.1) is 0 Å². The van der Waals surface area contributed by atoms with E-state index in [-0.39, 0.29) is 17.9 Å². The van der Waals surface area contributed by atoms with Crippen LogP contribution in [0, 0.1) is 0 Å². The van der Waals surface area contributed by atoms with Crippen molar-refractivity contribution in [2.75, 3.05) is 13.1 Å². The van der Waals surface area contributed by atoms with Crippen LogP contribution >= 0.6 is 0 Å². The van der Waals surface area contributed by atoms with Crippen LogP contribution in [-0.4, -0.2) is 53.1 Å². The fourth-order valence-electron chi connectivity index (χ4n) is 2.26. The Morgan fingerprint density at radius 1 is 1.26 bits per heavy atom. The molecule has 1 saturated heterocycles. The molecule has 0 aromatic carbocycles. The van der Waals surface area contributed by atoms with Gasteiger partial charge in [0.25, 0.3) is 0 Å². The zero-order chi connectivity index (χ0) is 17.8. The predicted molar refractivity (Wildman–Crippen MR) is 86.9 cm³/mol. The molecule has 23 heavy (non-hydrogen) atoms. The standard InChI is InChI=1S/C16H29N3O4/c1-15(2,3)19(14(22)23-16(4,5)6)10-9-17-11-7-8-12(20)18-13(11)21/h11,17H,7-10H2,1-6H3,(H,18,20,21). The minimum atomic E-state index is -0.558. The Morgan fingerprint density at radius 3 is 2.35 bits per heavy atom. The molecule has 0 radical (unpaired) electrons. The topological polar surface area (TPSA) is 87.7 Å². The number of carbonyl (C=O) groups excluding carboxylic acids is 3. The van der Waals surface area contributed by atoms with Crippen LogP contribution < -0.4 is 10.6 Å². The van der Waals surface area contributed by atoms with E-state index in [0.29, 0.717) is 25.9 Å². The van der Waals surface area contributed by atoms with Gasteiger partial charge in [0.1, 0.15) is 5.60 Å². The largest absolute Gasteiger partial charge is 0.444 e. The Bertz CT molecular complexity index is 463. The number of piperidine rings is 1. The number of imide groups is 1. The summed E-state index contributed by atoms with van der Waals surface area (Å²) < 4.78 is 5.44. The Balaban J connectivity index is 2.57. The Labute approximate surface area is 138 Å². The lowest BCUT2D eigenvalue weighted by Gasteiger charge is -2.37. The zero-order valence-corrected chi connectivity index (χ0v) is 15.0. The summed E-state index contributed by atoms with van der Waals surface area (Å²) in [6.07, 6.45) is 0.431. The van der Waals surface area contributed by atoms with Crippen molar-refractivity contribution in [1.29, 1.82) is 0 Å². The van der Waals surface area contributed by atoms with Crippen molar-refractivity contribution in [3.8, 4) is 0 Å². The van der Waals surface area contributed by atoms with Gasteiger partial charge in [0.2, 0.25) is 11.8 Å². The van der Waals surface area contributed by atoms with E-state index in [9.17, 15) is 14.4 Å². The lowest BCUT2D eigenvalue weighted by Crippen LogP contribution is -2.54. The summed E-state index contributed by atoms with van der Waals surface area (Å²) in [5.41, 5.74) is -0.952. The number of carbonyl (C=O) groups is 3. The molecule has 0 aromatic rings. The monoisotopic (exact) mass is 327 g/mol. The smallest absolute Gasteiger partial charge is 0.410 e. The van der Waals surface area contributed by atoms with Gasteiger partial charge in [-0.1, -0.05) is 0 Å². The second-order valence-electron chi connectivity index (χ2n) is 7.76. The molecule has 7 nitrogen and oxygen atoms in total. The van der Waals surface area contributed by atoms with E-state index in [0.717, 1.165) is 0 Å². The van der Waals surface area contributed by atoms with Crippen molar-refractivity contribution in [3.63, 3.8) is 0 Å². The quantitative estimate of drug-likeness (QED) is 0.763. The molecule has 1 aliphatic rings. The highest BCUT2D eigenvalue weighted by Gasteiger charge is 2.31. The molecule has 0 bridgehead atoms. The van der Waals surface area contributed by atoms with E-state index in [1.54, 1.807) is 4.90 Å². The summed E-state index contributed by atoms with van der Waals surface area (Å²) in [6, 6.07) is -0.395. The highest BCUT2D eigenvalue weighted by Crippen LogP contribution is 2.18. The van der Waals surface area contributed by atoms with Crippen LogP contribution in [0.3, 0.4) is 0 Å². The first-order chi connectivity index (χ1) is 10.4. The molecule has 132 valence electrons. The molecule has 0 aromatic heterocycles. The van der Waals surface area contributed by atoms with E-state index in [4.69, 9.17) is 4.74 Å². The molecule has 3 amide bonds. The van der Waals surface area contributed by atoms with E-state index in [2.05, 4.69) is 10.6 Å². The molecule has 1 aliphatic heterocycles. The molecule has 0 aliphatic carbocycles. The van der Waals surface area contributed by atoms with Crippen LogP contribution in [0.2, 0.25) is 0 Å². The highest BCUT2D eigenvalue weighted by molar-refractivity contribution is 6.00. The predicted octanol–water partition coefficient (Wildman–Crippen LogP) is 1.42. The maximum Gasteiger partial charge on any atom is 0.410 e. The maximum atomic E-state index is 12.3. The second kappa shape index (κ2) is 7.29. The lowest BCUT2D eigenvalue weighted by molar-refractivity contribution is -0.134. The van der Waals surface area contributed by atoms with Crippen molar-refractivity contribution in [2.24, 2.45) is 0 Å². The number of hydrogen-bond acceptors (Lipinski definition) is 5. The van der Waals surface area contributed by atoms with Gasteiger partial charge in [0.15, 0.2) is 0 Å². The van der Waals surface area contributed by atoms with Gasteiger partial charge in [-0.3, -0.25) is 14.9 Å². The molecule has 1 atom stereocenters. The number of ether oxygens (including phenoxy) is 1. The van der Waals surface area contributed by atoms with Crippen LogP contribution in [-0.2, 0) is 14.3 Å². The van der Waals surface area contributed by atoms with Crippen LogP contribution in [0.25, 0.3) is 0 Å². The van der Waals surface area contributed by atoms with Crippen molar-refractivity contribution >= 4 is 17.9 Å². The van der Waals surface area contributed by atoms with E-state index < -0.39 is 17.2 Å². The Hall–Kier alpha value is -1.63. The molecular weight excluding hydrogens is 298 g/mol. The third-order valence-corrected chi connectivity index (χ3v) is 3.39. The number of nitrogens with one attached hydrogen (secondary N) is 2. The SMILES string of the molecule is CC(C)(C)OC(=O)N(CCNC1CCC(=O)NC1=O)C(C)(C)C.